The van der Waals surface area contributed by atoms with Crippen LogP contribution in [0.15, 0.2) is 46.9 Å². The molecule has 24 heavy (non-hydrogen) atoms. The highest BCUT2D eigenvalue weighted by atomic mass is 79.9. The molecular weight excluding hydrogens is 399 g/mol. The fourth-order valence-electron chi connectivity index (χ4n) is 1.96. The van der Waals surface area contributed by atoms with E-state index in [4.69, 9.17) is 16.3 Å². The predicted octanol–water partition coefficient (Wildman–Crippen LogP) is 4.19. The van der Waals surface area contributed by atoms with E-state index < -0.39 is 5.82 Å². The molecule has 7 heteroatoms. The van der Waals surface area contributed by atoms with Gasteiger partial charge in [-0.2, -0.15) is 0 Å². The van der Waals surface area contributed by atoms with Gasteiger partial charge < -0.3 is 10.1 Å². The van der Waals surface area contributed by atoms with Crippen molar-refractivity contribution in [2.24, 2.45) is 0 Å². The number of carbonyl (C=O) groups excluding carboxylic acids is 1. The average molecular weight is 416 g/mol. The number of halogens is 3. The third-order valence-corrected chi connectivity index (χ3v) is 3.94. The Morgan fingerprint density at radius 2 is 2.00 bits per heavy atom. The van der Waals surface area contributed by atoms with E-state index in [1.807, 2.05) is 24.3 Å². The van der Waals surface area contributed by atoms with E-state index >= 15 is 0 Å². The highest BCUT2D eigenvalue weighted by molar-refractivity contribution is 9.10. The van der Waals surface area contributed by atoms with Crippen molar-refractivity contribution in [2.75, 3.05) is 32.1 Å². The van der Waals surface area contributed by atoms with Crippen molar-refractivity contribution in [3.8, 4) is 5.75 Å². The molecule has 0 saturated heterocycles. The number of benzene rings is 2. The normalized spacial score (nSPS) is 10.7. The molecule has 0 aromatic heterocycles. The van der Waals surface area contributed by atoms with E-state index in [9.17, 15) is 9.18 Å². The van der Waals surface area contributed by atoms with Gasteiger partial charge in [-0.25, -0.2) is 4.39 Å². The van der Waals surface area contributed by atoms with E-state index in [1.165, 1.54) is 18.2 Å². The summed E-state index contributed by atoms with van der Waals surface area (Å²) in [5, 5.41) is 2.87. The van der Waals surface area contributed by atoms with Crippen LogP contribution in [0.3, 0.4) is 0 Å². The number of likely N-dealkylation sites (N-methyl/N-ethyl adjacent to an activating group) is 1. The molecule has 128 valence electrons. The average Bonchev–Trinajstić information content (AvgIpc) is 2.53. The smallest absolute Gasteiger partial charge is 0.238 e. The van der Waals surface area contributed by atoms with Gasteiger partial charge in [-0.3, -0.25) is 9.69 Å². The van der Waals surface area contributed by atoms with Crippen LogP contribution in [0.2, 0.25) is 5.02 Å². The molecule has 0 aliphatic carbocycles. The summed E-state index contributed by atoms with van der Waals surface area (Å²) in [5.41, 5.74) is 0.0759. The Balaban J connectivity index is 1.75. The minimum Gasteiger partial charge on any atom is -0.492 e. The van der Waals surface area contributed by atoms with Crippen LogP contribution in [0.25, 0.3) is 0 Å². The van der Waals surface area contributed by atoms with Crippen LogP contribution >= 0.6 is 27.5 Å². The van der Waals surface area contributed by atoms with E-state index in [2.05, 4.69) is 21.2 Å². The van der Waals surface area contributed by atoms with Crippen molar-refractivity contribution in [1.82, 2.24) is 4.90 Å². The molecule has 0 aliphatic heterocycles. The van der Waals surface area contributed by atoms with Crippen LogP contribution in [0.1, 0.15) is 0 Å². The van der Waals surface area contributed by atoms with Crippen LogP contribution in [-0.2, 0) is 4.79 Å². The van der Waals surface area contributed by atoms with Gasteiger partial charge in [-0.15, -0.1) is 0 Å². The van der Waals surface area contributed by atoms with Gasteiger partial charge in [0.15, 0.2) is 0 Å². The van der Waals surface area contributed by atoms with Crippen LogP contribution in [-0.4, -0.2) is 37.6 Å². The fraction of sp³-hybridized carbons (Fsp3) is 0.235. The van der Waals surface area contributed by atoms with E-state index in [0.717, 1.165) is 10.2 Å². The maximum absolute atomic E-state index is 13.6. The van der Waals surface area contributed by atoms with Crippen LogP contribution in [0.4, 0.5) is 10.1 Å². The highest BCUT2D eigenvalue weighted by Gasteiger charge is 2.10. The lowest BCUT2D eigenvalue weighted by atomic mass is 10.3. The number of ether oxygens (including phenoxy) is 1. The summed E-state index contributed by atoms with van der Waals surface area (Å²) in [6.45, 7) is 1.12. The van der Waals surface area contributed by atoms with Gasteiger partial charge in [-0.05, 0) is 49.5 Å². The topological polar surface area (TPSA) is 41.6 Å². The minimum absolute atomic E-state index is 0.0759. The standard InChI is InChI=1S/C17H17BrClFN2O2/c1-22(8-9-24-14-5-2-12(18)3-6-14)11-17(23)21-16-10-13(19)4-7-15(16)20/h2-7,10H,8-9,11H2,1H3,(H,21,23). The summed E-state index contributed by atoms with van der Waals surface area (Å²) in [4.78, 5) is 13.7. The zero-order valence-corrected chi connectivity index (χ0v) is 15.4. The van der Waals surface area contributed by atoms with Crippen LogP contribution < -0.4 is 10.1 Å². The Kier molecular flexibility index (Phi) is 7.02. The Hall–Kier alpha value is -1.63. The Labute approximate surface area is 153 Å². The second-order valence-electron chi connectivity index (χ2n) is 5.21. The third-order valence-electron chi connectivity index (χ3n) is 3.17. The molecule has 0 bridgehead atoms. The molecule has 2 aromatic carbocycles. The quantitative estimate of drug-likeness (QED) is 0.737. The summed E-state index contributed by atoms with van der Waals surface area (Å²) in [6.07, 6.45) is 0. The summed E-state index contributed by atoms with van der Waals surface area (Å²) in [7, 11) is 1.79. The number of nitrogens with zero attached hydrogens (tertiary/aromatic N) is 1. The molecule has 0 aliphatic rings. The number of rotatable bonds is 7. The van der Waals surface area contributed by atoms with Gasteiger partial charge in [0, 0.05) is 16.0 Å². The van der Waals surface area contributed by atoms with Crippen LogP contribution in [0.5, 0.6) is 5.75 Å². The first kappa shape index (κ1) is 18.7. The second kappa shape index (κ2) is 9.01. The molecule has 0 radical (unpaired) electrons. The molecule has 1 N–H and O–H groups in total. The van der Waals surface area contributed by atoms with E-state index in [0.29, 0.717) is 18.2 Å². The molecule has 4 nitrogen and oxygen atoms in total. The molecule has 0 spiro atoms. The van der Waals surface area contributed by atoms with Gasteiger partial charge in [0.2, 0.25) is 5.91 Å². The van der Waals surface area contributed by atoms with Gasteiger partial charge in [-0.1, -0.05) is 27.5 Å². The highest BCUT2D eigenvalue weighted by Crippen LogP contribution is 2.19. The SMILES string of the molecule is CN(CCOc1ccc(Br)cc1)CC(=O)Nc1cc(Cl)ccc1F. The second-order valence-corrected chi connectivity index (χ2v) is 6.56. The van der Waals surface area contributed by atoms with Crippen molar-refractivity contribution in [3.63, 3.8) is 0 Å². The molecule has 0 saturated carbocycles. The van der Waals surface area contributed by atoms with Crippen molar-refractivity contribution >= 4 is 39.1 Å². The fourth-order valence-corrected chi connectivity index (χ4v) is 2.39. The minimum atomic E-state index is -0.519. The predicted molar refractivity (Wildman–Crippen MR) is 97.2 cm³/mol. The zero-order chi connectivity index (χ0) is 17.5. The van der Waals surface area contributed by atoms with Gasteiger partial charge >= 0.3 is 0 Å². The first-order chi connectivity index (χ1) is 11.4. The maximum atomic E-state index is 13.6. The van der Waals surface area contributed by atoms with Gasteiger partial charge in [0.25, 0.3) is 0 Å². The van der Waals surface area contributed by atoms with Crippen molar-refractivity contribution in [3.05, 3.63) is 57.8 Å². The molecule has 0 atom stereocenters. The Morgan fingerprint density at radius 3 is 2.71 bits per heavy atom. The number of amides is 1. The Morgan fingerprint density at radius 1 is 1.29 bits per heavy atom. The van der Waals surface area contributed by atoms with E-state index in [-0.39, 0.29) is 18.1 Å². The number of hydrogen-bond acceptors (Lipinski definition) is 3. The summed E-state index contributed by atoms with van der Waals surface area (Å²) >= 11 is 9.15. The van der Waals surface area contributed by atoms with Crippen LogP contribution in [0, 0.1) is 5.82 Å². The summed E-state index contributed by atoms with van der Waals surface area (Å²) in [5.74, 6) is -0.0756. The molecule has 0 unspecified atom stereocenters. The van der Waals surface area contributed by atoms with Gasteiger partial charge in [0.05, 0.1) is 12.2 Å². The molecule has 2 rings (SSSR count). The molecule has 0 heterocycles. The summed E-state index contributed by atoms with van der Waals surface area (Å²) < 4.78 is 20.2. The molecular formula is C17H17BrClFN2O2. The Bertz CT molecular complexity index is 697. The lowest BCUT2D eigenvalue weighted by molar-refractivity contribution is -0.117. The number of nitrogens with one attached hydrogen (secondary N) is 1. The monoisotopic (exact) mass is 414 g/mol. The van der Waals surface area contributed by atoms with Crippen molar-refractivity contribution in [1.29, 1.82) is 0 Å². The number of carbonyl (C=O) groups is 1. The molecule has 1 amide bonds. The first-order valence-corrected chi connectivity index (χ1v) is 8.43. The van der Waals surface area contributed by atoms with Crippen molar-refractivity contribution in [2.45, 2.75) is 0 Å². The lowest BCUT2D eigenvalue weighted by Gasteiger charge is -2.17. The summed E-state index contributed by atoms with van der Waals surface area (Å²) in [6, 6.07) is 11.5. The number of hydrogen-bond donors (Lipinski definition) is 1. The largest absolute Gasteiger partial charge is 0.492 e. The molecule has 0 fully saturated rings. The maximum Gasteiger partial charge on any atom is 0.238 e. The lowest BCUT2D eigenvalue weighted by Crippen LogP contribution is -2.33. The van der Waals surface area contributed by atoms with Crippen molar-refractivity contribution < 1.29 is 13.9 Å². The number of anilines is 1. The zero-order valence-electron chi connectivity index (χ0n) is 13.1. The first-order valence-electron chi connectivity index (χ1n) is 7.26. The molecule has 2 aromatic rings. The van der Waals surface area contributed by atoms with Gasteiger partial charge in [0.1, 0.15) is 18.2 Å². The third kappa shape index (κ3) is 6.11. The van der Waals surface area contributed by atoms with E-state index in [1.54, 1.807) is 11.9 Å².